The predicted molar refractivity (Wildman–Crippen MR) is 204 cm³/mol. The molecule has 0 aliphatic rings. The van der Waals surface area contributed by atoms with E-state index in [9.17, 15) is 0 Å². The second-order valence-corrected chi connectivity index (χ2v) is 8.61. The zero-order valence-corrected chi connectivity index (χ0v) is 29.5. The van der Waals surface area contributed by atoms with Crippen molar-refractivity contribution in [3.63, 3.8) is 0 Å². The summed E-state index contributed by atoms with van der Waals surface area (Å²) in [4.78, 5) is 0. The predicted octanol–water partition coefficient (Wildman–Crippen LogP) is 14.3. The minimum Gasteiger partial charge on any atom is -0.0922 e. The number of benzene rings is 4. The number of hydrogen-bond acceptors (Lipinski definition) is 0. The summed E-state index contributed by atoms with van der Waals surface area (Å²) in [5.41, 5.74) is 5.29. The molecule has 0 unspecified atom stereocenters. The molecule has 0 heterocycles. The van der Waals surface area contributed by atoms with Gasteiger partial charge in [-0.1, -0.05) is 233 Å². The molecule has 4 rings (SSSR count). The maximum atomic E-state index is 2.12. The van der Waals surface area contributed by atoms with Gasteiger partial charge in [-0.25, -0.2) is 0 Å². The van der Waals surface area contributed by atoms with Gasteiger partial charge in [-0.05, 0) is 27.7 Å². The first-order chi connectivity index (χ1) is 19.8. The Morgan fingerprint density at radius 2 is 0.452 bits per heavy atom. The van der Waals surface area contributed by atoms with Crippen LogP contribution in [0.4, 0.5) is 0 Å². The Hall–Kier alpha value is -3.06. The first-order valence-electron chi connectivity index (χ1n) is 15.6. The van der Waals surface area contributed by atoms with Crippen LogP contribution in [0.25, 0.3) is 0 Å². The van der Waals surface area contributed by atoms with E-state index in [0.29, 0.717) is 0 Å². The van der Waals surface area contributed by atoms with Crippen molar-refractivity contribution in [3.05, 3.63) is 144 Å². The topological polar surface area (TPSA) is 0 Å². The lowest BCUT2D eigenvalue weighted by Crippen LogP contribution is -1.62. The smallest absolute Gasteiger partial charge is 0.0922 e. The summed E-state index contributed by atoms with van der Waals surface area (Å²) in [6.45, 7) is 28.8. The van der Waals surface area contributed by atoms with Gasteiger partial charge in [0.2, 0.25) is 0 Å². The summed E-state index contributed by atoms with van der Waals surface area (Å²) in [6.07, 6.45) is 2.50. The monoisotopic (exact) mass is 574 g/mol. The van der Waals surface area contributed by atoms with Crippen molar-refractivity contribution >= 4 is 7.28 Å². The van der Waals surface area contributed by atoms with Gasteiger partial charge < -0.3 is 0 Å². The van der Waals surface area contributed by atoms with Gasteiger partial charge in [0.25, 0.3) is 0 Å². The fraction of sp³-hybridized carbons (Fsp3) is 0.415. The highest BCUT2D eigenvalue weighted by molar-refractivity contribution is 6.31. The highest BCUT2D eigenvalue weighted by Crippen LogP contribution is 1.94. The molecule has 1 heteroatoms. The Morgan fingerprint density at radius 1 is 0.357 bits per heavy atom. The number of hydrogen-bond donors (Lipinski definition) is 0. The largest absolute Gasteiger partial charge is 0.102 e. The van der Waals surface area contributed by atoms with Crippen molar-refractivity contribution in [2.75, 3.05) is 0 Å². The van der Waals surface area contributed by atoms with Crippen molar-refractivity contribution in [2.24, 2.45) is 0 Å². The van der Waals surface area contributed by atoms with Gasteiger partial charge in [-0.2, -0.15) is 0 Å². The molecule has 0 atom stereocenters. The molecular formula is C41H70B. The van der Waals surface area contributed by atoms with Gasteiger partial charge in [-0.3, -0.25) is 0 Å². The van der Waals surface area contributed by atoms with Gasteiger partial charge in [0.05, 0.1) is 0 Å². The molecule has 4 aromatic carbocycles. The van der Waals surface area contributed by atoms with Crippen LogP contribution in [0.2, 0.25) is 13.6 Å². The molecule has 0 saturated heterocycles. The molecule has 1 radical (unpaired) electrons. The maximum absolute atomic E-state index is 2.12. The van der Waals surface area contributed by atoms with Crippen molar-refractivity contribution in [2.45, 2.75) is 117 Å². The van der Waals surface area contributed by atoms with Crippen molar-refractivity contribution in [1.29, 1.82) is 0 Å². The van der Waals surface area contributed by atoms with E-state index in [1.165, 1.54) is 35.1 Å². The van der Waals surface area contributed by atoms with E-state index in [1.54, 1.807) is 0 Å². The molecule has 0 spiro atoms. The molecule has 237 valence electrons. The van der Waals surface area contributed by atoms with Crippen LogP contribution in [0.3, 0.4) is 0 Å². The van der Waals surface area contributed by atoms with Crippen LogP contribution in [-0.2, 0) is 0 Å². The highest BCUT2D eigenvalue weighted by atomic mass is 13.8. The fourth-order valence-electron chi connectivity index (χ4n) is 2.14. The molecule has 0 amide bonds. The molecule has 0 fully saturated rings. The summed E-state index contributed by atoms with van der Waals surface area (Å²) in [7, 11) is 2.00. The fourth-order valence-corrected chi connectivity index (χ4v) is 2.14. The summed E-state index contributed by atoms with van der Waals surface area (Å²) in [5, 5.41) is 0. The highest BCUT2D eigenvalue weighted by Gasteiger charge is 1.74. The van der Waals surface area contributed by atoms with Crippen LogP contribution < -0.4 is 0 Å². The molecule has 0 saturated carbocycles. The number of rotatable bonds is 0. The maximum Gasteiger partial charge on any atom is 0.102 e. The second-order valence-electron chi connectivity index (χ2n) is 8.61. The van der Waals surface area contributed by atoms with E-state index >= 15 is 0 Å². The summed E-state index contributed by atoms with van der Waals surface area (Å²) in [6, 6.07) is 41.0. The third-order valence-electron chi connectivity index (χ3n) is 3.76. The Morgan fingerprint density at radius 3 is 0.500 bits per heavy atom. The van der Waals surface area contributed by atoms with Crippen LogP contribution in [-0.4, -0.2) is 7.28 Å². The van der Waals surface area contributed by atoms with Crippen molar-refractivity contribution < 1.29 is 0 Å². The van der Waals surface area contributed by atoms with E-state index in [4.69, 9.17) is 0 Å². The van der Waals surface area contributed by atoms with Crippen LogP contribution in [0.1, 0.15) is 97.9 Å². The molecule has 42 heavy (non-hydrogen) atoms. The third-order valence-corrected chi connectivity index (χ3v) is 3.76. The van der Waals surface area contributed by atoms with E-state index in [1.807, 2.05) is 121 Å². The standard InChI is InChI=1S/4C7H8.2C3H8.C2H6B.2C2H6.CH4/c4*1-7-5-3-2-4-6-7;3*1-3-2;2*1-2;/h4*2-6H,1H3;2*3H2,1-2H3;1-2H3;2*1-2H3;1H4. The van der Waals surface area contributed by atoms with Crippen molar-refractivity contribution in [1.82, 2.24) is 0 Å². The third kappa shape index (κ3) is 57.0. The SMILES string of the molecule is C.CC.CC.CCC.CCC.C[B]C.Cc1ccccc1.Cc1ccccc1.Cc1ccccc1.Cc1ccccc1. The van der Waals surface area contributed by atoms with Gasteiger partial charge >= 0.3 is 0 Å². The normalized spacial score (nSPS) is 7.29. The molecule has 0 nitrogen and oxygen atoms in total. The zero-order chi connectivity index (χ0) is 32.6. The Bertz CT molecular complexity index is 718. The summed E-state index contributed by atoms with van der Waals surface area (Å²) < 4.78 is 0. The van der Waals surface area contributed by atoms with Gasteiger partial charge in [0.1, 0.15) is 7.28 Å². The van der Waals surface area contributed by atoms with Gasteiger partial charge in [0.15, 0.2) is 0 Å². The lowest BCUT2D eigenvalue weighted by molar-refractivity contribution is 1.09. The molecule has 0 aliphatic carbocycles. The summed E-state index contributed by atoms with van der Waals surface area (Å²) >= 11 is 0. The second kappa shape index (κ2) is 50.8. The summed E-state index contributed by atoms with van der Waals surface area (Å²) in [5.74, 6) is 0. The first-order valence-corrected chi connectivity index (χ1v) is 15.6. The van der Waals surface area contributed by atoms with Crippen LogP contribution >= 0.6 is 0 Å². The van der Waals surface area contributed by atoms with Crippen LogP contribution in [0, 0.1) is 27.7 Å². The molecular weight excluding hydrogens is 503 g/mol. The average Bonchev–Trinajstić information content (AvgIpc) is 2.99. The van der Waals surface area contributed by atoms with Gasteiger partial charge in [-0.15, -0.1) is 0 Å². The lowest BCUT2D eigenvalue weighted by atomic mass is 9.88. The van der Waals surface area contributed by atoms with E-state index in [0.717, 1.165) is 0 Å². The first kappa shape index (κ1) is 51.7. The molecule has 0 aromatic heterocycles. The molecule has 0 aliphatic heterocycles. The molecule has 0 bridgehead atoms. The minimum atomic E-state index is 0. The average molecular weight is 574 g/mol. The van der Waals surface area contributed by atoms with E-state index in [2.05, 4.69) is 104 Å². The zero-order valence-electron chi connectivity index (χ0n) is 29.5. The van der Waals surface area contributed by atoms with Crippen LogP contribution in [0.15, 0.2) is 121 Å². The van der Waals surface area contributed by atoms with Crippen molar-refractivity contribution in [3.8, 4) is 0 Å². The van der Waals surface area contributed by atoms with E-state index < -0.39 is 0 Å². The Labute approximate surface area is 267 Å². The molecule has 0 N–H and O–H groups in total. The van der Waals surface area contributed by atoms with E-state index in [-0.39, 0.29) is 7.43 Å². The quantitative estimate of drug-likeness (QED) is 0.184. The number of aryl methyl sites for hydroxylation is 4. The van der Waals surface area contributed by atoms with Crippen LogP contribution in [0.5, 0.6) is 0 Å². The lowest BCUT2D eigenvalue weighted by Gasteiger charge is -1.82. The Balaban J connectivity index is -0.0000000903. The van der Waals surface area contributed by atoms with Gasteiger partial charge in [0, 0.05) is 0 Å². The molecule has 4 aromatic rings. The Kier molecular flexibility index (Phi) is 62.4. The minimum absolute atomic E-state index is 0.